The van der Waals surface area contributed by atoms with Crippen LogP contribution >= 0.6 is 11.3 Å². The van der Waals surface area contributed by atoms with E-state index in [1.54, 1.807) is 24.3 Å². The van der Waals surface area contributed by atoms with E-state index in [0.29, 0.717) is 16.5 Å². The number of esters is 1. The van der Waals surface area contributed by atoms with Gasteiger partial charge in [-0.1, -0.05) is 32.0 Å². The second-order valence-corrected chi connectivity index (χ2v) is 5.81. The summed E-state index contributed by atoms with van der Waals surface area (Å²) in [5.74, 6) is 0.156. The van der Waals surface area contributed by atoms with Crippen LogP contribution in [0.1, 0.15) is 35.0 Å². The second kappa shape index (κ2) is 7.04. The Labute approximate surface area is 127 Å². The summed E-state index contributed by atoms with van der Waals surface area (Å²) in [7, 11) is 0. The number of nitrogens with one attached hydrogen (secondary N) is 1. The van der Waals surface area contributed by atoms with E-state index in [-0.39, 0.29) is 12.5 Å². The molecule has 0 spiro atoms. The van der Waals surface area contributed by atoms with Gasteiger partial charge in [-0.05, 0) is 35.1 Å². The van der Waals surface area contributed by atoms with Crippen molar-refractivity contribution in [2.75, 3.05) is 6.54 Å². The van der Waals surface area contributed by atoms with Gasteiger partial charge in [-0.25, -0.2) is 4.79 Å². The zero-order valence-electron chi connectivity index (χ0n) is 12.0. The number of carbonyl (C=O) groups excluding carboxylic acids is 2. The summed E-state index contributed by atoms with van der Waals surface area (Å²) in [5, 5.41) is 4.34. The molecule has 1 amide bonds. The molecular formula is C16H17NO3S. The molecule has 110 valence electrons. The lowest BCUT2D eigenvalue weighted by Gasteiger charge is -2.08. The molecule has 0 aliphatic heterocycles. The average Bonchev–Trinajstić information content (AvgIpc) is 2.99. The van der Waals surface area contributed by atoms with Crippen molar-refractivity contribution in [2.24, 2.45) is 0 Å². The van der Waals surface area contributed by atoms with Crippen LogP contribution in [-0.2, 0) is 4.79 Å². The van der Waals surface area contributed by atoms with Crippen molar-refractivity contribution < 1.29 is 14.3 Å². The lowest BCUT2D eigenvalue weighted by molar-refractivity contribution is -0.133. The Hall–Kier alpha value is -2.14. The molecule has 2 rings (SSSR count). The minimum atomic E-state index is -0.489. The normalized spacial score (nSPS) is 10.4. The van der Waals surface area contributed by atoms with E-state index in [4.69, 9.17) is 4.74 Å². The molecule has 21 heavy (non-hydrogen) atoms. The van der Waals surface area contributed by atoms with Crippen molar-refractivity contribution in [2.45, 2.75) is 19.8 Å². The molecule has 0 fully saturated rings. The molecule has 0 radical (unpaired) electrons. The van der Waals surface area contributed by atoms with Crippen molar-refractivity contribution in [3.8, 4) is 5.75 Å². The number of benzene rings is 1. The summed E-state index contributed by atoms with van der Waals surface area (Å²) in [5.41, 5.74) is 1.18. The highest BCUT2D eigenvalue weighted by Gasteiger charge is 2.10. The Morgan fingerprint density at radius 3 is 2.48 bits per heavy atom. The van der Waals surface area contributed by atoms with Crippen LogP contribution in [0.4, 0.5) is 0 Å². The van der Waals surface area contributed by atoms with Gasteiger partial charge in [0.2, 0.25) is 0 Å². The van der Waals surface area contributed by atoms with Crippen molar-refractivity contribution >= 4 is 23.2 Å². The van der Waals surface area contributed by atoms with Gasteiger partial charge >= 0.3 is 5.97 Å². The maximum atomic E-state index is 11.7. The second-order valence-electron chi connectivity index (χ2n) is 4.86. The molecule has 0 atom stereocenters. The van der Waals surface area contributed by atoms with Crippen LogP contribution < -0.4 is 10.1 Å². The SMILES string of the molecule is CC(C)c1ccc(OC(=O)CNC(=O)c2cccs2)cc1. The number of carbonyl (C=O) groups is 2. The van der Waals surface area contributed by atoms with Crippen molar-refractivity contribution in [1.29, 1.82) is 0 Å². The predicted molar refractivity (Wildman–Crippen MR) is 82.8 cm³/mol. The monoisotopic (exact) mass is 303 g/mol. The first kappa shape index (κ1) is 15.3. The highest BCUT2D eigenvalue weighted by atomic mass is 32.1. The van der Waals surface area contributed by atoms with Gasteiger partial charge in [-0.3, -0.25) is 4.79 Å². The summed E-state index contributed by atoms with van der Waals surface area (Å²) in [6, 6.07) is 10.9. The van der Waals surface area contributed by atoms with Gasteiger partial charge in [0.05, 0.1) is 4.88 Å². The van der Waals surface area contributed by atoms with Gasteiger partial charge in [0.1, 0.15) is 12.3 Å². The van der Waals surface area contributed by atoms with Gasteiger partial charge in [-0.15, -0.1) is 11.3 Å². The standard InChI is InChI=1S/C16H17NO3S/c1-11(2)12-5-7-13(8-6-12)20-15(18)10-17-16(19)14-4-3-9-21-14/h3-9,11H,10H2,1-2H3,(H,17,19). The Balaban J connectivity index is 1.83. The minimum Gasteiger partial charge on any atom is -0.425 e. The topological polar surface area (TPSA) is 55.4 Å². The molecule has 1 aromatic heterocycles. The highest BCUT2D eigenvalue weighted by molar-refractivity contribution is 7.12. The van der Waals surface area contributed by atoms with Crippen LogP contribution in [0.2, 0.25) is 0 Å². The van der Waals surface area contributed by atoms with Crippen molar-refractivity contribution in [3.05, 3.63) is 52.2 Å². The van der Waals surface area contributed by atoms with Gasteiger partial charge in [0.25, 0.3) is 5.91 Å². The van der Waals surface area contributed by atoms with E-state index in [0.717, 1.165) is 0 Å². The molecule has 1 heterocycles. The van der Waals surface area contributed by atoms with Gasteiger partial charge < -0.3 is 10.1 Å². The maximum absolute atomic E-state index is 11.7. The number of thiophene rings is 1. The summed E-state index contributed by atoms with van der Waals surface area (Å²) in [6.45, 7) is 4.05. The molecule has 0 bridgehead atoms. The number of amides is 1. The van der Waals surface area contributed by atoms with Crippen LogP contribution in [-0.4, -0.2) is 18.4 Å². The molecule has 0 saturated heterocycles. The number of ether oxygens (including phenoxy) is 1. The summed E-state index contributed by atoms with van der Waals surface area (Å²) >= 11 is 1.33. The van der Waals surface area contributed by atoms with Crippen LogP contribution in [0.15, 0.2) is 41.8 Å². The van der Waals surface area contributed by atoms with E-state index in [1.165, 1.54) is 16.9 Å². The largest absolute Gasteiger partial charge is 0.425 e. The van der Waals surface area contributed by atoms with Crippen LogP contribution in [0.25, 0.3) is 0 Å². The molecule has 1 N–H and O–H groups in total. The molecular weight excluding hydrogens is 286 g/mol. The molecule has 1 aromatic carbocycles. The fourth-order valence-electron chi connectivity index (χ4n) is 1.74. The van der Waals surface area contributed by atoms with Crippen LogP contribution in [0, 0.1) is 0 Å². The van der Waals surface area contributed by atoms with E-state index in [1.807, 2.05) is 17.5 Å². The third-order valence-corrected chi connectivity index (χ3v) is 3.79. The Morgan fingerprint density at radius 1 is 1.19 bits per heavy atom. The first-order valence-corrected chi connectivity index (χ1v) is 7.56. The van der Waals surface area contributed by atoms with Gasteiger partial charge in [-0.2, -0.15) is 0 Å². The smallest absolute Gasteiger partial charge is 0.330 e. The van der Waals surface area contributed by atoms with Gasteiger partial charge in [0, 0.05) is 0 Å². The molecule has 5 heteroatoms. The molecule has 0 aliphatic carbocycles. The molecule has 0 saturated carbocycles. The fourth-order valence-corrected chi connectivity index (χ4v) is 2.38. The zero-order chi connectivity index (χ0) is 15.2. The lowest BCUT2D eigenvalue weighted by Crippen LogP contribution is -2.31. The van der Waals surface area contributed by atoms with E-state index < -0.39 is 5.97 Å². The molecule has 0 unspecified atom stereocenters. The van der Waals surface area contributed by atoms with Crippen LogP contribution in [0.3, 0.4) is 0 Å². The number of hydrogen-bond acceptors (Lipinski definition) is 4. The minimum absolute atomic E-state index is 0.150. The Morgan fingerprint density at radius 2 is 1.90 bits per heavy atom. The molecule has 2 aromatic rings. The third-order valence-electron chi connectivity index (χ3n) is 2.92. The van der Waals surface area contributed by atoms with Crippen molar-refractivity contribution in [3.63, 3.8) is 0 Å². The van der Waals surface area contributed by atoms with E-state index in [9.17, 15) is 9.59 Å². The first-order valence-electron chi connectivity index (χ1n) is 6.68. The Kier molecular flexibility index (Phi) is 5.11. The van der Waals surface area contributed by atoms with Gasteiger partial charge in [0.15, 0.2) is 0 Å². The lowest BCUT2D eigenvalue weighted by atomic mass is 10.0. The summed E-state index contributed by atoms with van der Waals surface area (Å²) < 4.78 is 5.17. The molecule has 0 aliphatic rings. The number of hydrogen-bond donors (Lipinski definition) is 1. The quantitative estimate of drug-likeness (QED) is 0.681. The number of rotatable bonds is 5. The summed E-state index contributed by atoms with van der Waals surface area (Å²) in [6.07, 6.45) is 0. The zero-order valence-corrected chi connectivity index (χ0v) is 12.8. The maximum Gasteiger partial charge on any atom is 0.330 e. The molecule has 4 nitrogen and oxygen atoms in total. The van der Waals surface area contributed by atoms with Crippen LogP contribution in [0.5, 0.6) is 5.75 Å². The summed E-state index contributed by atoms with van der Waals surface area (Å²) in [4.78, 5) is 23.9. The predicted octanol–water partition coefficient (Wildman–Crippen LogP) is 3.21. The van der Waals surface area contributed by atoms with Crippen molar-refractivity contribution in [1.82, 2.24) is 5.32 Å². The highest BCUT2D eigenvalue weighted by Crippen LogP contribution is 2.18. The van der Waals surface area contributed by atoms with E-state index >= 15 is 0 Å². The fraction of sp³-hybridized carbons (Fsp3) is 0.250. The van der Waals surface area contributed by atoms with E-state index in [2.05, 4.69) is 19.2 Å². The average molecular weight is 303 g/mol. The third kappa shape index (κ3) is 4.43. The first-order chi connectivity index (χ1) is 10.1. The Bertz CT molecular complexity index is 603.